The minimum Gasteiger partial charge on any atom is -0.487 e. The molecule has 1 heterocycles. The summed E-state index contributed by atoms with van der Waals surface area (Å²) < 4.78 is 24.3. The number of hydrogen-bond donors (Lipinski definition) is 1. The average molecular weight is 345 g/mol. The molecule has 0 aliphatic carbocycles. The third-order valence-corrected chi connectivity index (χ3v) is 3.99. The number of nitrogens with zero attached hydrogens (tertiary/aromatic N) is 1. The summed E-state index contributed by atoms with van der Waals surface area (Å²) >= 11 is 1.51. The van der Waals surface area contributed by atoms with Crippen molar-refractivity contribution in [2.75, 3.05) is 6.61 Å². The molecule has 1 N–H and O–H groups in total. The Kier molecular flexibility index (Phi) is 5.40. The molecular formula is C18H16FNO3S. The van der Waals surface area contributed by atoms with E-state index >= 15 is 0 Å². The number of aliphatic hydroxyl groups is 1. The van der Waals surface area contributed by atoms with Crippen LogP contribution in [0.1, 0.15) is 17.4 Å². The summed E-state index contributed by atoms with van der Waals surface area (Å²) in [6, 6.07) is 12.9. The number of ether oxygens (including phenoxy) is 2. The zero-order valence-corrected chi connectivity index (χ0v) is 13.6. The maximum Gasteiger partial charge on any atom is 0.161 e. The number of hydrogen-bond acceptors (Lipinski definition) is 5. The van der Waals surface area contributed by atoms with Crippen LogP contribution in [0.15, 0.2) is 59.4 Å². The van der Waals surface area contributed by atoms with Gasteiger partial charge in [-0.05, 0) is 29.8 Å². The first-order chi connectivity index (χ1) is 11.7. The highest BCUT2D eigenvalue weighted by atomic mass is 32.1. The van der Waals surface area contributed by atoms with Crippen LogP contribution >= 0.6 is 11.3 Å². The van der Waals surface area contributed by atoms with Crippen molar-refractivity contribution in [1.82, 2.24) is 4.98 Å². The zero-order valence-electron chi connectivity index (χ0n) is 12.8. The lowest BCUT2D eigenvalue weighted by Crippen LogP contribution is -2.10. The van der Waals surface area contributed by atoms with Crippen LogP contribution in [0.3, 0.4) is 0 Å². The number of halogens is 1. The molecule has 1 aromatic heterocycles. The summed E-state index contributed by atoms with van der Waals surface area (Å²) in [5.74, 6) is 0.776. The van der Waals surface area contributed by atoms with Gasteiger partial charge in [0.15, 0.2) is 11.5 Å². The minimum absolute atomic E-state index is 0.0444. The number of para-hydroxylation sites is 2. The van der Waals surface area contributed by atoms with Gasteiger partial charge in [-0.1, -0.05) is 24.3 Å². The first-order valence-corrected chi connectivity index (χ1v) is 8.32. The summed E-state index contributed by atoms with van der Waals surface area (Å²) in [5, 5.41) is 12.1. The molecule has 0 aliphatic rings. The van der Waals surface area contributed by atoms with Crippen LogP contribution in [-0.2, 0) is 6.61 Å². The molecule has 4 nitrogen and oxygen atoms in total. The smallest absolute Gasteiger partial charge is 0.161 e. The Labute approximate surface area is 143 Å². The Morgan fingerprint density at radius 3 is 2.42 bits per heavy atom. The van der Waals surface area contributed by atoms with Gasteiger partial charge in [0, 0.05) is 5.38 Å². The second kappa shape index (κ2) is 7.90. The Morgan fingerprint density at radius 1 is 1.04 bits per heavy atom. The molecule has 0 saturated carbocycles. The largest absolute Gasteiger partial charge is 0.487 e. The van der Waals surface area contributed by atoms with Gasteiger partial charge in [-0.25, -0.2) is 9.37 Å². The van der Waals surface area contributed by atoms with Crippen LogP contribution < -0.4 is 9.47 Å². The Bertz CT molecular complexity index is 762. The Hall–Kier alpha value is -2.44. The van der Waals surface area contributed by atoms with Crippen LogP contribution in [0.2, 0.25) is 0 Å². The molecule has 0 amide bonds. The van der Waals surface area contributed by atoms with Crippen molar-refractivity contribution >= 4 is 11.3 Å². The van der Waals surface area contributed by atoms with E-state index in [-0.39, 0.29) is 12.4 Å². The van der Waals surface area contributed by atoms with Gasteiger partial charge in [0.2, 0.25) is 0 Å². The van der Waals surface area contributed by atoms with Crippen LogP contribution in [0.25, 0.3) is 0 Å². The molecule has 24 heavy (non-hydrogen) atoms. The van der Waals surface area contributed by atoms with Gasteiger partial charge in [0.05, 0.1) is 11.2 Å². The van der Waals surface area contributed by atoms with Crippen LogP contribution in [0, 0.1) is 5.82 Å². The van der Waals surface area contributed by atoms with Gasteiger partial charge < -0.3 is 14.6 Å². The molecule has 0 spiro atoms. The topological polar surface area (TPSA) is 51.6 Å². The SMILES string of the molecule is O[C@H](COc1ccccc1OCc1cscn1)c1ccc(F)cc1. The third kappa shape index (κ3) is 4.31. The monoisotopic (exact) mass is 345 g/mol. The van der Waals surface area contributed by atoms with Crippen LogP contribution in [0.5, 0.6) is 11.5 Å². The van der Waals surface area contributed by atoms with Gasteiger partial charge >= 0.3 is 0 Å². The third-order valence-electron chi connectivity index (χ3n) is 3.36. The normalized spacial score (nSPS) is 11.9. The molecule has 0 aliphatic heterocycles. The molecule has 3 rings (SSSR count). The van der Waals surface area contributed by atoms with Crippen LogP contribution in [0.4, 0.5) is 4.39 Å². The molecule has 3 aromatic rings. The van der Waals surface area contributed by atoms with Crippen molar-refractivity contribution in [3.63, 3.8) is 0 Å². The second-order valence-electron chi connectivity index (χ2n) is 5.09. The van der Waals surface area contributed by atoms with E-state index < -0.39 is 6.10 Å². The van der Waals surface area contributed by atoms with Crippen molar-refractivity contribution in [2.24, 2.45) is 0 Å². The summed E-state index contributed by atoms with van der Waals surface area (Å²) in [4.78, 5) is 4.16. The molecule has 2 aromatic carbocycles. The van der Waals surface area contributed by atoms with Crippen molar-refractivity contribution in [1.29, 1.82) is 0 Å². The fourth-order valence-corrected chi connectivity index (χ4v) is 2.64. The van der Waals surface area contributed by atoms with Crippen molar-refractivity contribution < 1.29 is 19.0 Å². The molecule has 0 unspecified atom stereocenters. The van der Waals surface area contributed by atoms with E-state index in [0.717, 1.165) is 5.69 Å². The lowest BCUT2D eigenvalue weighted by molar-refractivity contribution is 0.105. The maximum absolute atomic E-state index is 12.9. The number of benzene rings is 2. The predicted molar refractivity (Wildman–Crippen MR) is 89.7 cm³/mol. The van der Waals surface area contributed by atoms with Crippen molar-refractivity contribution in [3.8, 4) is 11.5 Å². The maximum atomic E-state index is 12.9. The first-order valence-electron chi connectivity index (χ1n) is 7.37. The average Bonchev–Trinajstić information content (AvgIpc) is 3.12. The van der Waals surface area contributed by atoms with E-state index in [0.29, 0.717) is 23.7 Å². The quantitative estimate of drug-likeness (QED) is 0.704. The van der Waals surface area contributed by atoms with Gasteiger partial charge in [0.25, 0.3) is 0 Å². The molecule has 0 bridgehead atoms. The number of aliphatic hydroxyl groups excluding tert-OH is 1. The standard InChI is InChI=1S/C18H16FNO3S/c19-14-7-5-13(6-8-14)16(21)10-23-18-4-2-1-3-17(18)22-9-15-11-24-12-20-15/h1-8,11-12,16,21H,9-10H2/t16-/m1/s1. The molecular weight excluding hydrogens is 329 g/mol. The molecule has 0 radical (unpaired) electrons. The summed E-state index contributed by atoms with van der Waals surface area (Å²) in [7, 11) is 0. The van der Waals surface area contributed by atoms with E-state index in [2.05, 4.69) is 4.98 Å². The van der Waals surface area contributed by atoms with Crippen molar-refractivity contribution in [2.45, 2.75) is 12.7 Å². The van der Waals surface area contributed by atoms with Gasteiger partial charge in [-0.15, -0.1) is 11.3 Å². The highest BCUT2D eigenvalue weighted by molar-refractivity contribution is 7.07. The Morgan fingerprint density at radius 2 is 1.75 bits per heavy atom. The van der Waals surface area contributed by atoms with Gasteiger partial charge in [-0.2, -0.15) is 0 Å². The van der Waals surface area contributed by atoms with Gasteiger partial charge in [-0.3, -0.25) is 0 Å². The van der Waals surface area contributed by atoms with E-state index in [9.17, 15) is 9.50 Å². The first kappa shape index (κ1) is 16.4. The molecule has 0 fully saturated rings. The van der Waals surface area contributed by atoms with E-state index in [1.807, 2.05) is 17.5 Å². The number of aromatic nitrogens is 1. The number of thiazole rings is 1. The lowest BCUT2D eigenvalue weighted by atomic mass is 10.1. The lowest BCUT2D eigenvalue weighted by Gasteiger charge is -2.15. The minimum atomic E-state index is -0.850. The van der Waals surface area contributed by atoms with Gasteiger partial charge in [0.1, 0.15) is 25.1 Å². The van der Waals surface area contributed by atoms with Crippen LogP contribution in [-0.4, -0.2) is 16.7 Å². The highest BCUT2D eigenvalue weighted by Crippen LogP contribution is 2.28. The summed E-state index contributed by atoms with van der Waals surface area (Å²) in [6.45, 7) is 0.396. The summed E-state index contributed by atoms with van der Waals surface area (Å²) in [6.07, 6.45) is -0.850. The summed E-state index contributed by atoms with van der Waals surface area (Å²) in [5.41, 5.74) is 3.19. The predicted octanol–water partition coefficient (Wildman–Crippen LogP) is 3.97. The molecule has 124 valence electrons. The van der Waals surface area contributed by atoms with E-state index in [1.54, 1.807) is 17.6 Å². The zero-order chi connectivity index (χ0) is 16.8. The fourth-order valence-electron chi connectivity index (χ4n) is 2.10. The van der Waals surface area contributed by atoms with E-state index in [4.69, 9.17) is 9.47 Å². The fraction of sp³-hybridized carbons (Fsp3) is 0.167. The Balaban J connectivity index is 1.61. The number of rotatable bonds is 7. The van der Waals surface area contributed by atoms with Crippen molar-refractivity contribution in [3.05, 3.63) is 76.5 Å². The highest BCUT2D eigenvalue weighted by Gasteiger charge is 2.11. The molecule has 1 atom stereocenters. The second-order valence-corrected chi connectivity index (χ2v) is 5.81. The van der Waals surface area contributed by atoms with E-state index in [1.165, 1.54) is 35.6 Å². The molecule has 0 saturated heterocycles. The molecule has 6 heteroatoms.